The van der Waals surface area contributed by atoms with Crippen LogP contribution >= 0.6 is 24.8 Å². The van der Waals surface area contributed by atoms with E-state index in [4.69, 9.17) is 10.5 Å². The Balaban J connectivity index is 0.00000264. The van der Waals surface area contributed by atoms with Gasteiger partial charge in [0.1, 0.15) is 6.04 Å². The standard InChI is InChI=1S/C17H27N3O2.2ClH/c1-22-13-16(18)17(21)19-15-8-11-20(12-9-15)10-7-14-5-3-2-4-6-14;;/h2-6,15-16H,7-13,18H2,1H3,(H,19,21);2*1H. The number of likely N-dealkylation sites (tertiary alicyclic amines) is 1. The monoisotopic (exact) mass is 377 g/mol. The average Bonchev–Trinajstić information content (AvgIpc) is 2.55. The Morgan fingerprint density at radius 3 is 2.50 bits per heavy atom. The van der Waals surface area contributed by atoms with Crippen LogP contribution in [0.1, 0.15) is 18.4 Å². The van der Waals surface area contributed by atoms with Crippen LogP contribution in [0.3, 0.4) is 0 Å². The zero-order valence-corrected chi connectivity index (χ0v) is 15.8. The predicted octanol–water partition coefficient (Wildman–Crippen LogP) is 1.63. The fourth-order valence-corrected chi connectivity index (χ4v) is 2.80. The second-order valence-corrected chi connectivity index (χ2v) is 5.92. The van der Waals surface area contributed by atoms with Gasteiger partial charge in [0.25, 0.3) is 0 Å². The van der Waals surface area contributed by atoms with E-state index in [1.54, 1.807) is 7.11 Å². The van der Waals surface area contributed by atoms with E-state index in [1.807, 2.05) is 6.07 Å². The first-order chi connectivity index (χ1) is 10.7. The molecule has 0 saturated carbocycles. The van der Waals surface area contributed by atoms with Crippen LogP contribution in [0.2, 0.25) is 0 Å². The van der Waals surface area contributed by atoms with E-state index < -0.39 is 6.04 Å². The molecule has 1 heterocycles. The van der Waals surface area contributed by atoms with Crippen molar-refractivity contribution in [3.8, 4) is 0 Å². The van der Waals surface area contributed by atoms with Crippen molar-refractivity contribution in [1.29, 1.82) is 0 Å². The van der Waals surface area contributed by atoms with Crippen LogP contribution < -0.4 is 11.1 Å². The summed E-state index contributed by atoms with van der Waals surface area (Å²) < 4.78 is 4.91. The van der Waals surface area contributed by atoms with Crippen molar-refractivity contribution >= 4 is 30.7 Å². The van der Waals surface area contributed by atoms with E-state index in [0.717, 1.165) is 38.9 Å². The van der Waals surface area contributed by atoms with Crippen molar-refractivity contribution in [2.45, 2.75) is 31.3 Å². The fourth-order valence-electron chi connectivity index (χ4n) is 2.80. The molecule has 1 saturated heterocycles. The SMILES string of the molecule is COCC(N)C(=O)NC1CCN(CCc2ccccc2)CC1.Cl.Cl. The number of nitrogens with zero attached hydrogens (tertiary/aromatic N) is 1. The number of carbonyl (C=O) groups is 1. The Kier molecular flexibility index (Phi) is 12.1. The van der Waals surface area contributed by atoms with Gasteiger partial charge in [-0.3, -0.25) is 4.79 Å². The number of hydrogen-bond acceptors (Lipinski definition) is 4. The van der Waals surface area contributed by atoms with E-state index in [9.17, 15) is 4.79 Å². The topological polar surface area (TPSA) is 67.6 Å². The van der Waals surface area contributed by atoms with Gasteiger partial charge in [0.15, 0.2) is 0 Å². The minimum absolute atomic E-state index is 0. The number of amides is 1. The minimum atomic E-state index is -0.568. The first-order valence-electron chi connectivity index (χ1n) is 8.00. The van der Waals surface area contributed by atoms with Gasteiger partial charge in [-0.05, 0) is 24.8 Å². The number of hydrogen-bond donors (Lipinski definition) is 2. The molecule has 7 heteroatoms. The molecule has 1 aromatic rings. The highest BCUT2D eigenvalue weighted by Gasteiger charge is 2.22. The molecule has 1 unspecified atom stereocenters. The van der Waals surface area contributed by atoms with E-state index in [1.165, 1.54) is 5.56 Å². The van der Waals surface area contributed by atoms with Gasteiger partial charge in [-0.25, -0.2) is 0 Å². The van der Waals surface area contributed by atoms with Gasteiger partial charge in [0.2, 0.25) is 5.91 Å². The lowest BCUT2D eigenvalue weighted by Crippen LogP contribution is -2.51. The lowest BCUT2D eigenvalue weighted by molar-refractivity contribution is -0.124. The fraction of sp³-hybridized carbons (Fsp3) is 0.588. The maximum Gasteiger partial charge on any atom is 0.239 e. The Morgan fingerprint density at radius 1 is 1.29 bits per heavy atom. The number of halogens is 2. The number of carbonyl (C=O) groups excluding carboxylic acids is 1. The molecule has 0 bridgehead atoms. The molecule has 5 nitrogen and oxygen atoms in total. The van der Waals surface area contributed by atoms with Crippen molar-refractivity contribution < 1.29 is 9.53 Å². The maximum atomic E-state index is 11.9. The first kappa shape index (κ1) is 23.1. The van der Waals surface area contributed by atoms with Crippen molar-refractivity contribution in [1.82, 2.24) is 10.2 Å². The maximum absolute atomic E-state index is 11.9. The molecule has 1 amide bonds. The second kappa shape index (κ2) is 12.5. The zero-order valence-electron chi connectivity index (χ0n) is 14.1. The molecule has 1 atom stereocenters. The largest absolute Gasteiger partial charge is 0.383 e. The van der Waals surface area contributed by atoms with E-state index in [-0.39, 0.29) is 43.4 Å². The highest BCUT2D eigenvalue weighted by atomic mass is 35.5. The molecular formula is C17H29Cl2N3O2. The lowest BCUT2D eigenvalue weighted by Gasteiger charge is -2.32. The highest BCUT2D eigenvalue weighted by molar-refractivity contribution is 5.85. The minimum Gasteiger partial charge on any atom is -0.383 e. The molecule has 1 aromatic carbocycles. The summed E-state index contributed by atoms with van der Waals surface area (Å²) in [5.41, 5.74) is 7.12. The van der Waals surface area contributed by atoms with Gasteiger partial charge in [-0.15, -0.1) is 24.8 Å². The number of nitrogens with two attached hydrogens (primary N) is 1. The first-order valence-corrected chi connectivity index (χ1v) is 8.00. The summed E-state index contributed by atoms with van der Waals surface area (Å²) in [6, 6.07) is 10.2. The smallest absolute Gasteiger partial charge is 0.239 e. The van der Waals surface area contributed by atoms with Crippen molar-refractivity contribution in [2.75, 3.05) is 33.4 Å². The summed E-state index contributed by atoms with van der Waals surface area (Å²) in [6.45, 7) is 3.39. The van der Waals surface area contributed by atoms with Crippen molar-refractivity contribution in [2.24, 2.45) is 5.73 Å². The molecule has 1 aliphatic heterocycles. The van der Waals surface area contributed by atoms with Gasteiger partial charge in [-0.1, -0.05) is 30.3 Å². The Labute approximate surface area is 157 Å². The molecule has 0 aliphatic carbocycles. The quantitative estimate of drug-likeness (QED) is 0.757. The third-order valence-electron chi connectivity index (χ3n) is 4.18. The summed E-state index contributed by atoms with van der Waals surface area (Å²) in [6.07, 6.45) is 3.05. The number of nitrogens with one attached hydrogen (secondary N) is 1. The van der Waals surface area contributed by atoms with Gasteiger partial charge >= 0.3 is 0 Å². The summed E-state index contributed by atoms with van der Waals surface area (Å²) in [7, 11) is 1.55. The Bertz CT molecular complexity index is 454. The van der Waals surface area contributed by atoms with Crippen LogP contribution in [0.15, 0.2) is 30.3 Å². The van der Waals surface area contributed by atoms with Crippen LogP contribution in [-0.4, -0.2) is 56.2 Å². The van der Waals surface area contributed by atoms with Gasteiger partial charge in [-0.2, -0.15) is 0 Å². The number of benzene rings is 1. The number of ether oxygens (including phenoxy) is 1. The lowest BCUT2D eigenvalue weighted by atomic mass is 10.0. The van der Waals surface area contributed by atoms with Gasteiger partial charge < -0.3 is 20.7 Å². The molecule has 0 radical (unpaired) electrons. The molecular weight excluding hydrogens is 349 g/mol. The van der Waals surface area contributed by atoms with Gasteiger partial charge in [0, 0.05) is 32.8 Å². The summed E-state index contributed by atoms with van der Waals surface area (Å²) in [4.78, 5) is 14.3. The van der Waals surface area contributed by atoms with E-state index in [0.29, 0.717) is 0 Å². The third kappa shape index (κ3) is 7.81. The molecule has 138 valence electrons. The third-order valence-corrected chi connectivity index (χ3v) is 4.18. The second-order valence-electron chi connectivity index (χ2n) is 5.92. The van der Waals surface area contributed by atoms with Crippen molar-refractivity contribution in [3.05, 3.63) is 35.9 Å². The van der Waals surface area contributed by atoms with Gasteiger partial charge in [0.05, 0.1) is 6.61 Å². The Morgan fingerprint density at radius 2 is 1.92 bits per heavy atom. The number of methoxy groups -OCH3 is 1. The van der Waals surface area contributed by atoms with Crippen molar-refractivity contribution in [3.63, 3.8) is 0 Å². The zero-order chi connectivity index (χ0) is 15.8. The number of piperidine rings is 1. The van der Waals surface area contributed by atoms with E-state index in [2.05, 4.69) is 34.5 Å². The van der Waals surface area contributed by atoms with Crippen LogP contribution in [0, 0.1) is 0 Å². The summed E-state index contributed by atoms with van der Waals surface area (Å²) in [5, 5.41) is 3.03. The summed E-state index contributed by atoms with van der Waals surface area (Å²) in [5.74, 6) is -0.107. The van der Waals surface area contributed by atoms with Crippen LogP contribution in [0.5, 0.6) is 0 Å². The molecule has 3 N–H and O–H groups in total. The molecule has 1 fully saturated rings. The summed E-state index contributed by atoms with van der Waals surface area (Å²) >= 11 is 0. The molecule has 0 spiro atoms. The van der Waals surface area contributed by atoms with Crippen LogP contribution in [-0.2, 0) is 16.0 Å². The molecule has 1 aliphatic rings. The normalized spacial score (nSPS) is 16.6. The molecule has 0 aromatic heterocycles. The average molecular weight is 378 g/mol. The Hall–Kier alpha value is -0.850. The van der Waals surface area contributed by atoms with E-state index >= 15 is 0 Å². The molecule has 24 heavy (non-hydrogen) atoms. The molecule has 2 rings (SSSR count). The highest BCUT2D eigenvalue weighted by Crippen LogP contribution is 2.11. The van der Waals surface area contributed by atoms with Crippen LogP contribution in [0.25, 0.3) is 0 Å². The number of rotatable bonds is 7. The van der Waals surface area contributed by atoms with Crippen LogP contribution in [0.4, 0.5) is 0 Å². The predicted molar refractivity (Wildman–Crippen MR) is 102 cm³/mol.